The summed E-state index contributed by atoms with van der Waals surface area (Å²) in [6, 6.07) is 4.07. The second-order valence-electron chi connectivity index (χ2n) is 4.87. The van der Waals surface area contributed by atoms with Crippen LogP contribution < -0.4 is 0 Å². The predicted molar refractivity (Wildman–Crippen MR) is 73.3 cm³/mol. The molecule has 0 saturated heterocycles. The van der Waals surface area contributed by atoms with Crippen molar-refractivity contribution in [3.05, 3.63) is 35.0 Å². The Bertz CT molecular complexity index is 596. The predicted octanol–water partition coefficient (Wildman–Crippen LogP) is 3.76. The van der Waals surface area contributed by atoms with Crippen LogP contribution in [0.5, 0.6) is 0 Å². The third kappa shape index (κ3) is 2.13. The molecule has 3 nitrogen and oxygen atoms in total. The Kier molecular flexibility index (Phi) is 3.41. The Morgan fingerprint density at radius 3 is 2.67 bits per heavy atom. The first-order valence-corrected chi connectivity index (χ1v) is 6.38. The van der Waals surface area contributed by atoms with E-state index in [1.807, 2.05) is 19.9 Å². The molecule has 0 bridgehead atoms. The highest BCUT2D eigenvalue weighted by Gasteiger charge is 2.15. The third-order valence-corrected chi connectivity index (χ3v) is 3.29. The number of rotatable bonds is 4. The number of carboxylic acids is 1. The van der Waals surface area contributed by atoms with E-state index in [2.05, 4.69) is 17.6 Å². The molecule has 3 heteroatoms. The fourth-order valence-corrected chi connectivity index (χ4v) is 2.51. The van der Waals surface area contributed by atoms with Gasteiger partial charge in [-0.1, -0.05) is 25.0 Å². The first kappa shape index (κ1) is 12.7. The Balaban J connectivity index is 2.68. The highest BCUT2D eigenvalue weighted by atomic mass is 16.4. The molecule has 0 fully saturated rings. The average molecular weight is 245 g/mol. The van der Waals surface area contributed by atoms with Gasteiger partial charge in [0.05, 0.1) is 11.1 Å². The average Bonchev–Trinajstić information content (AvgIpc) is 2.65. The normalized spacial score (nSPS) is 11.1. The number of fused-ring (bicyclic) bond motifs is 1. The van der Waals surface area contributed by atoms with E-state index in [1.165, 1.54) is 0 Å². The van der Waals surface area contributed by atoms with E-state index >= 15 is 0 Å². The molecule has 0 radical (unpaired) electrons. The molecule has 0 aliphatic heterocycles. The minimum atomic E-state index is -0.847. The lowest BCUT2D eigenvalue weighted by Gasteiger charge is -2.07. The molecule has 96 valence electrons. The van der Waals surface area contributed by atoms with Gasteiger partial charge < -0.3 is 9.67 Å². The molecule has 1 aromatic heterocycles. The SMILES string of the molecule is CCCCn1cc(C(=O)O)c2cc(C)cc(C)c21. The van der Waals surface area contributed by atoms with Gasteiger partial charge in [0.2, 0.25) is 0 Å². The molecular weight excluding hydrogens is 226 g/mol. The van der Waals surface area contributed by atoms with Crippen molar-refractivity contribution >= 4 is 16.9 Å². The lowest BCUT2D eigenvalue weighted by molar-refractivity contribution is 0.0699. The van der Waals surface area contributed by atoms with Crippen LogP contribution >= 0.6 is 0 Å². The number of hydrogen-bond acceptors (Lipinski definition) is 1. The van der Waals surface area contributed by atoms with Gasteiger partial charge in [0, 0.05) is 18.1 Å². The summed E-state index contributed by atoms with van der Waals surface area (Å²) in [7, 11) is 0. The monoisotopic (exact) mass is 245 g/mol. The van der Waals surface area contributed by atoms with E-state index in [4.69, 9.17) is 0 Å². The standard InChI is InChI=1S/C15H19NO2/c1-4-5-6-16-9-13(15(17)18)12-8-10(2)7-11(3)14(12)16/h7-9H,4-6H2,1-3H3,(H,17,18). The van der Waals surface area contributed by atoms with Gasteiger partial charge in [-0.2, -0.15) is 0 Å². The molecule has 0 unspecified atom stereocenters. The summed E-state index contributed by atoms with van der Waals surface area (Å²) in [5, 5.41) is 10.1. The van der Waals surface area contributed by atoms with Crippen molar-refractivity contribution in [2.24, 2.45) is 0 Å². The van der Waals surface area contributed by atoms with E-state index in [0.717, 1.165) is 41.4 Å². The maximum atomic E-state index is 11.3. The first-order valence-electron chi connectivity index (χ1n) is 6.38. The zero-order chi connectivity index (χ0) is 13.3. The van der Waals surface area contributed by atoms with Gasteiger partial charge in [-0.3, -0.25) is 0 Å². The molecule has 0 spiro atoms. The number of benzene rings is 1. The first-order chi connectivity index (χ1) is 8.54. The molecule has 1 aromatic carbocycles. The number of carbonyl (C=O) groups is 1. The van der Waals surface area contributed by atoms with E-state index in [0.29, 0.717) is 5.56 Å². The van der Waals surface area contributed by atoms with Crippen molar-refractivity contribution in [1.82, 2.24) is 4.57 Å². The van der Waals surface area contributed by atoms with Crippen LogP contribution in [0.3, 0.4) is 0 Å². The van der Waals surface area contributed by atoms with Crippen molar-refractivity contribution < 1.29 is 9.90 Å². The van der Waals surface area contributed by atoms with Gasteiger partial charge in [0.15, 0.2) is 0 Å². The number of unbranched alkanes of at least 4 members (excludes halogenated alkanes) is 1. The molecular formula is C15H19NO2. The van der Waals surface area contributed by atoms with Gasteiger partial charge in [0.1, 0.15) is 0 Å². The van der Waals surface area contributed by atoms with Crippen LogP contribution in [0.1, 0.15) is 41.3 Å². The van der Waals surface area contributed by atoms with Crippen LogP contribution in [0.2, 0.25) is 0 Å². The Morgan fingerprint density at radius 1 is 1.33 bits per heavy atom. The second-order valence-corrected chi connectivity index (χ2v) is 4.87. The molecule has 0 saturated carbocycles. The number of hydrogen-bond donors (Lipinski definition) is 1. The highest BCUT2D eigenvalue weighted by Crippen LogP contribution is 2.26. The van der Waals surface area contributed by atoms with E-state index in [-0.39, 0.29) is 0 Å². The van der Waals surface area contributed by atoms with Crippen LogP contribution in [0.25, 0.3) is 10.9 Å². The van der Waals surface area contributed by atoms with E-state index < -0.39 is 5.97 Å². The van der Waals surface area contributed by atoms with Crippen molar-refractivity contribution in [2.45, 2.75) is 40.2 Å². The van der Waals surface area contributed by atoms with E-state index in [9.17, 15) is 9.90 Å². The molecule has 1 N–H and O–H groups in total. The quantitative estimate of drug-likeness (QED) is 0.891. The second kappa shape index (κ2) is 4.84. The fourth-order valence-electron chi connectivity index (χ4n) is 2.51. The number of nitrogens with zero attached hydrogens (tertiary/aromatic N) is 1. The van der Waals surface area contributed by atoms with Crippen molar-refractivity contribution in [3.8, 4) is 0 Å². The van der Waals surface area contributed by atoms with Crippen molar-refractivity contribution in [3.63, 3.8) is 0 Å². The fraction of sp³-hybridized carbons (Fsp3) is 0.400. The van der Waals surface area contributed by atoms with Gasteiger partial charge in [-0.05, 0) is 31.9 Å². The topological polar surface area (TPSA) is 42.2 Å². The summed E-state index contributed by atoms with van der Waals surface area (Å²) >= 11 is 0. The van der Waals surface area contributed by atoms with Gasteiger partial charge in [0.25, 0.3) is 0 Å². The summed E-state index contributed by atoms with van der Waals surface area (Å²) in [6.45, 7) is 7.07. The summed E-state index contributed by atoms with van der Waals surface area (Å²) < 4.78 is 2.08. The molecule has 18 heavy (non-hydrogen) atoms. The maximum Gasteiger partial charge on any atom is 0.337 e. The Morgan fingerprint density at radius 2 is 2.06 bits per heavy atom. The van der Waals surface area contributed by atoms with Crippen LogP contribution in [0, 0.1) is 13.8 Å². The number of aromatic carboxylic acids is 1. The van der Waals surface area contributed by atoms with Crippen LogP contribution in [0.15, 0.2) is 18.3 Å². The maximum absolute atomic E-state index is 11.3. The van der Waals surface area contributed by atoms with Crippen LogP contribution in [0.4, 0.5) is 0 Å². The lowest BCUT2D eigenvalue weighted by atomic mass is 10.1. The van der Waals surface area contributed by atoms with Gasteiger partial charge in [-0.25, -0.2) is 4.79 Å². The highest BCUT2D eigenvalue weighted by molar-refractivity contribution is 6.04. The smallest absolute Gasteiger partial charge is 0.337 e. The Labute approximate surface area is 107 Å². The molecule has 0 aliphatic carbocycles. The summed E-state index contributed by atoms with van der Waals surface area (Å²) in [5.41, 5.74) is 3.73. The third-order valence-electron chi connectivity index (χ3n) is 3.29. The van der Waals surface area contributed by atoms with E-state index in [1.54, 1.807) is 6.20 Å². The molecule has 0 aliphatic rings. The zero-order valence-corrected chi connectivity index (χ0v) is 11.2. The summed E-state index contributed by atoms with van der Waals surface area (Å²) in [6.07, 6.45) is 3.94. The van der Waals surface area contributed by atoms with Gasteiger partial charge >= 0.3 is 5.97 Å². The number of aromatic nitrogens is 1. The van der Waals surface area contributed by atoms with Crippen LogP contribution in [-0.2, 0) is 6.54 Å². The van der Waals surface area contributed by atoms with Gasteiger partial charge in [-0.15, -0.1) is 0 Å². The molecule has 2 rings (SSSR count). The summed E-state index contributed by atoms with van der Waals surface area (Å²) in [4.78, 5) is 11.3. The minimum Gasteiger partial charge on any atom is -0.478 e. The van der Waals surface area contributed by atoms with Crippen LogP contribution in [-0.4, -0.2) is 15.6 Å². The minimum absolute atomic E-state index is 0.410. The number of aryl methyl sites for hydroxylation is 3. The van der Waals surface area contributed by atoms with Crippen molar-refractivity contribution in [2.75, 3.05) is 0 Å². The molecule has 2 aromatic rings. The lowest BCUT2D eigenvalue weighted by Crippen LogP contribution is -1.97. The zero-order valence-electron chi connectivity index (χ0n) is 11.2. The molecule has 0 atom stereocenters. The number of carboxylic acid groups (broad SMARTS) is 1. The largest absolute Gasteiger partial charge is 0.478 e. The molecule has 1 heterocycles. The Hall–Kier alpha value is -1.77. The molecule has 0 amide bonds. The summed E-state index contributed by atoms with van der Waals surface area (Å²) in [5.74, 6) is -0.847. The van der Waals surface area contributed by atoms with Crippen molar-refractivity contribution in [1.29, 1.82) is 0 Å².